The number of aliphatic hydroxyl groups excluding tert-OH is 5. The largest absolute Gasteiger partial charge is 0.397 e. The molecule has 0 aromatic heterocycles. The summed E-state index contributed by atoms with van der Waals surface area (Å²) in [5.74, 6) is -0.710. The summed E-state index contributed by atoms with van der Waals surface area (Å²) < 4.78 is 47.5. The van der Waals surface area contributed by atoms with Crippen LogP contribution < -0.4 is 5.32 Å². The van der Waals surface area contributed by atoms with Crippen LogP contribution >= 0.6 is 0 Å². The summed E-state index contributed by atoms with van der Waals surface area (Å²) in [5, 5.41) is 55.2. The molecule has 360 valence electrons. The van der Waals surface area contributed by atoms with Gasteiger partial charge in [0.15, 0.2) is 6.29 Å². The molecular formula is C47H89NO12S. The van der Waals surface area contributed by atoms with Crippen molar-refractivity contribution in [3.05, 3.63) is 24.3 Å². The van der Waals surface area contributed by atoms with E-state index in [0.717, 1.165) is 38.5 Å². The molecule has 7 N–H and O–H groups in total. The van der Waals surface area contributed by atoms with Crippen LogP contribution in [0.15, 0.2) is 24.3 Å². The van der Waals surface area contributed by atoms with E-state index in [1.54, 1.807) is 6.08 Å². The van der Waals surface area contributed by atoms with Gasteiger partial charge in [-0.3, -0.25) is 9.35 Å². The summed E-state index contributed by atoms with van der Waals surface area (Å²) in [6.45, 7) is 3.20. The van der Waals surface area contributed by atoms with Gasteiger partial charge in [-0.15, -0.1) is 0 Å². The molecule has 1 rings (SSSR count). The third-order valence-electron chi connectivity index (χ3n) is 11.6. The summed E-state index contributed by atoms with van der Waals surface area (Å²) in [7, 11) is -5.12. The van der Waals surface area contributed by atoms with Gasteiger partial charge in [0.25, 0.3) is 0 Å². The van der Waals surface area contributed by atoms with Gasteiger partial charge in [0, 0.05) is 0 Å². The van der Waals surface area contributed by atoms with E-state index in [-0.39, 0.29) is 6.42 Å². The zero-order valence-corrected chi connectivity index (χ0v) is 38.9. The van der Waals surface area contributed by atoms with Crippen LogP contribution in [0.4, 0.5) is 0 Å². The Bertz CT molecular complexity index is 1200. The molecule has 0 aromatic rings. The molecule has 0 spiro atoms. The molecule has 14 heteroatoms. The van der Waals surface area contributed by atoms with Crippen LogP contribution in [0.3, 0.4) is 0 Å². The predicted octanol–water partition coefficient (Wildman–Crippen LogP) is 8.69. The standard InChI is InChI=1S/C47H89NO12S/c1-3-5-7-9-11-13-15-17-19-20-21-22-24-26-28-30-32-34-36-41(51)46(54)48-39(38-58-47-44(53)45(60-61(55,56)57)43(52)42(37-49)59-47)40(50)35-33-31-29-27-25-23-18-16-14-12-10-8-6-4-2/h25,27,33,35,39-45,47,49-53H,3-24,26,28-32,34,36-38H2,1-2H3,(H,48,54)(H,55,56,57)/b27-25+,35-33+. The molecule has 61 heavy (non-hydrogen) atoms. The molecule has 1 saturated heterocycles. The molecule has 8 unspecified atom stereocenters. The summed E-state index contributed by atoms with van der Waals surface area (Å²) in [5.41, 5.74) is 0. The summed E-state index contributed by atoms with van der Waals surface area (Å²) in [6, 6.07) is -1.13. The lowest BCUT2D eigenvalue weighted by Crippen LogP contribution is -2.61. The summed E-state index contributed by atoms with van der Waals surface area (Å²) in [6.07, 6.45) is 31.2. The lowest BCUT2D eigenvalue weighted by atomic mass is 9.99. The molecular weight excluding hydrogens is 803 g/mol. The molecule has 8 atom stereocenters. The molecule has 0 saturated carbocycles. The lowest BCUT2D eigenvalue weighted by molar-refractivity contribution is -0.298. The van der Waals surface area contributed by atoms with E-state index >= 15 is 0 Å². The fourth-order valence-corrected chi connectivity index (χ4v) is 8.22. The summed E-state index contributed by atoms with van der Waals surface area (Å²) >= 11 is 0. The fraction of sp³-hybridized carbons (Fsp3) is 0.894. The first-order valence-corrected chi connectivity index (χ1v) is 25.7. The molecule has 0 aromatic carbocycles. The van der Waals surface area contributed by atoms with Crippen molar-refractivity contribution in [3.8, 4) is 0 Å². The van der Waals surface area contributed by atoms with Gasteiger partial charge >= 0.3 is 10.4 Å². The van der Waals surface area contributed by atoms with E-state index in [0.29, 0.717) is 12.8 Å². The Morgan fingerprint density at radius 3 is 1.57 bits per heavy atom. The molecule has 1 amide bonds. The number of nitrogens with one attached hydrogen (secondary N) is 1. The lowest BCUT2D eigenvalue weighted by Gasteiger charge is -2.41. The Hall–Kier alpha value is -1.46. The zero-order chi connectivity index (χ0) is 45.0. The maximum absolute atomic E-state index is 13.1. The van der Waals surface area contributed by atoms with E-state index in [1.807, 2.05) is 0 Å². The van der Waals surface area contributed by atoms with E-state index in [9.17, 15) is 43.3 Å². The number of ether oxygens (including phenoxy) is 2. The number of hydrogen-bond donors (Lipinski definition) is 7. The Labute approximate surface area is 370 Å². The fourth-order valence-electron chi connectivity index (χ4n) is 7.71. The number of hydrogen-bond acceptors (Lipinski definition) is 11. The van der Waals surface area contributed by atoms with Crippen molar-refractivity contribution >= 4 is 16.3 Å². The van der Waals surface area contributed by atoms with Gasteiger partial charge in [-0.2, -0.15) is 8.42 Å². The SMILES string of the molecule is CCCCCCCCCC/C=C/CC/C=C/C(O)C(COC1OC(CO)C(O)C(OS(=O)(=O)O)C1O)NC(=O)C(O)CCCCCCCCCCCCCCCCCCCC. The minimum Gasteiger partial charge on any atom is -0.394 e. The number of aliphatic hydroxyl groups is 5. The zero-order valence-electron chi connectivity index (χ0n) is 38.1. The minimum absolute atomic E-state index is 0.241. The number of amides is 1. The van der Waals surface area contributed by atoms with Crippen LogP contribution in [0.5, 0.6) is 0 Å². The van der Waals surface area contributed by atoms with Gasteiger partial charge in [0.05, 0.1) is 25.4 Å². The highest BCUT2D eigenvalue weighted by molar-refractivity contribution is 7.80. The molecule has 0 aliphatic carbocycles. The minimum atomic E-state index is -5.12. The summed E-state index contributed by atoms with van der Waals surface area (Å²) in [4.78, 5) is 13.1. The molecule has 1 aliphatic rings. The second-order valence-electron chi connectivity index (χ2n) is 17.2. The number of carbonyl (C=O) groups is 1. The van der Waals surface area contributed by atoms with Gasteiger partial charge in [0.1, 0.15) is 30.5 Å². The van der Waals surface area contributed by atoms with Gasteiger partial charge in [-0.25, -0.2) is 4.18 Å². The maximum Gasteiger partial charge on any atom is 0.397 e. The third kappa shape index (κ3) is 30.3. The highest BCUT2D eigenvalue weighted by atomic mass is 32.3. The topological polar surface area (TPSA) is 212 Å². The van der Waals surface area contributed by atoms with Crippen LogP contribution in [-0.4, -0.2) is 107 Å². The van der Waals surface area contributed by atoms with Crippen LogP contribution in [0.2, 0.25) is 0 Å². The van der Waals surface area contributed by atoms with Crippen molar-refractivity contribution < 1.29 is 57.0 Å². The Morgan fingerprint density at radius 2 is 1.10 bits per heavy atom. The van der Waals surface area contributed by atoms with Gasteiger partial charge in [-0.05, 0) is 32.1 Å². The number of unbranched alkanes of at least 4 members (excludes halogenated alkanes) is 26. The van der Waals surface area contributed by atoms with E-state index in [2.05, 4.69) is 35.5 Å². The van der Waals surface area contributed by atoms with Crippen molar-refractivity contribution in [2.75, 3.05) is 13.2 Å². The molecule has 1 heterocycles. The van der Waals surface area contributed by atoms with Crippen molar-refractivity contribution in [2.24, 2.45) is 0 Å². The smallest absolute Gasteiger partial charge is 0.394 e. The first-order chi connectivity index (χ1) is 29.4. The van der Waals surface area contributed by atoms with Crippen LogP contribution in [-0.2, 0) is 28.9 Å². The Morgan fingerprint density at radius 1 is 0.656 bits per heavy atom. The van der Waals surface area contributed by atoms with Crippen molar-refractivity contribution in [1.82, 2.24) is 5.32 Å². The van der Waals surface area contributed by atoms with E-state index in [4.69, 9.17) is 9.47 Å². The van der Waals surface area contributed by atoms with Gasteiger partial charge < -0.3 is 40.3 Å². The van der Waals surface area contributed by atoms with Gasteiger partial charge in [-0.1, -0.05) is 199 Å². The van der Waals surface area contributed by atoms with E-state index < -0.39 is 78.5 Å². The van der Waals surface area contributed by atoms with Crippen molar-refractivity contribution in [3.63, 3.8) is 0 Å². The van der Waals surface area contributed by atoms with E-state index in [1.165, 1.54) is 141 Å². The van der Waals surface area contributed by atoms with Crippen LogP contribution in [0.1, 0.15) is 206 Å². The van der Waals surface area contributed by atoms with Crippen LogP contribution in [0, 0.1) is 0 Å². The Balaban J connectivity index is 2.55. The quantitative estimate of drug-likeness (QED) is 0.0175. The van der Waals surface area contributed by atoms with Crippen LogP contribution in [0.25, 0.3) is 0 Å². The monoisotopic (exact) mass is 892 g/mol. The molecule has 0 radical (unpaired) electrons. The number of allylic oxidation sites excluding steroid dienone is 3. The number of rotatable bonds is 41. The average Bonchev–Trinajstić information content (AvgIpc) is 3.23. The number of carbonyl (C=O) groups excluding carboxylic acids is 1. The van der Waals surface area contributed by atoms with Crippen molar-refractivity contribution in [1.29, 1.82) is 0 Å². The van der Waals surface area contributed by atoms with Crippen molar-refractivity contribution in [2.45, 2.75) is 255 Å². The highest BCUT2D eigenvalue weighted by Crippen LogP contribution is 2.26. The third-order valence-corrected chi connectivity index (χ3v) is 12.1. The first-order valence-electron chi connectivity index (χ1n) is 24.3. The molecule has 1 fully saturated rings. The van der Waals surface area contributed by atoms with Gasteiger partial charge in [0.2, 0.25) is 5.91 Å². The first kappa shape index (κ1) is 57.6. The second kappa shape index (κ2) is 37.9. The maximum atomic E-state index is 13.1. The predicted molar refractivity (Wildman–Crippen MR) is 242 cm³/mol. The highest BCUT2D eigenvalue weighted by Gasteiger charge is 2.48. The Kier molecular flexibility index (Phi) is 35.7. The average molecular weight is 892 g/mol. The second-order valence-corrected chi connectivity index (χ2v) is 18.2. The molecule has 13 nitrogen and oxygen atoms in total. The molecule has 0 bridgehead atoms. The normalized spacial score (nSPS) is 21.3. The molecule has 1 aliphatic heterocycles.